The molecule has 74 valence electrons. The number of nitrogens with two attached hydrogens (primary N) is 1. The van der Waals surface area contributed by atoms with Gasteiger partial charge in [-0.2, -0.15) is 0 Å². The summed E-state index contributed by atoms with van der Waals surface area (Å²) < 4.78 is 10.7. The van der Waals surface area contributed by atoms with Gasteiger partial charge in [0.05, 0.1) is 6.16 Å². The van der Waals surface area contributed by atoms with E-state index in [2.05, 4.69) is 4.84 Å². The lowest BCUT2D eigenvalue weighted by Crippen LogP contribution is -2.37. The van der Waals surface area contributed by atoms with Crippen molar-refractivity contribution in [2.24, 2.45) is 5.90 Å². The van der Waals surface area contributed by atoms with Gasteiger partial charge in [-0.15, -0.1) is 0 Å². The second-order valence-electron chi connectivity index (χ2n) is 2.83. The van der Waals surface area contributed by atoms with E-state index < -0.39 is 13.2 Å². The summed E-state index contributed by atoms with van der Waals surface area (Å²) in [6, 6.07) is 0. The van der Waals surface area contributed by atoms with E-state index in [0.717, 1.165) is 0 Å². The summed E-state index contributed by atoms with van der Waals surface area (Å²) in [5, 5.41) is 0. The fourth-order valence-corrected chi connectivity index (χ4v) is 2.33. The van der Waals surface area contributed by atoms with Crippen LogP contribution in [0.15, 0.2) is 0 Å². The summed E-state index contributed by atoms with van der Waals surface area (Å²) in [5.41, 5.74) is -0.876. The Hall–Kier alpha value is 0.0700. The first-order valence-electron chi connectivity index (χ1n) is 3.81. The van der Waals surface area contributed by atoms with Gasteiger partial charge in [-0.1, -0.05) is 13.8 Å². The molecule has 0 saturated carbocycles. The topological polar surface area (TPSA) is 92.8 Å². The highest BCUT2D eigenvalue weighted by Gasteiger charge is 2.34. The summed E-state index contributed by atoms with van der Waals surface area (Å²) in [4.78, 5) is 22.1. The maximum Gasteiger partial charge on any atom is 0.328 e. The normalized spacial score (nSPS) is 13.4. The lowest BCUT2D eigenvalue weighted by Gasteiger charge is -2.28. The third kappa shape index (κ3) is 3.65. The van der Waals surface area contributed by atoms with E-state index in [1.807, 2.05) is 0 Å². The summed E-state index contributed by atoms with van der Waals surface area (Å²) in [7, 11) is -4.04. The van der Waals surface area contributed by atoms with Crippen LogP contribution in [0.3, 0.4) is 0 Å². The fourth-order valence-electron chi connectivity index (χ4n) is 1.05. The first kappa shape index (κ1) is 12.1. The lowest BCUT2D eigenvalue weighted by atomic mass is 10.0. The molecule has 0 rings (SSSR count). The molecular formula is C6H16NO4P. The molecule has 0 radical (unpaired) electrons. The highest BCUT2D eigenvalue weighted by atomic mass is 31.2. The summed E-state index contributed by atoms with van der Waals surface area (Å²) in [5.74, 6) is 4.99. The van der Waals surface area contributed by atoms with Crippen molar-refractivity contribution in [3.8, 4) is 0 Å². The van der Waals surface area contributed by atoms with E-state index in [1.54, 1.807) is 13.8 Å². The van der Waals surface area contributed by atoms with Gasteiger partial charge < -0.3 is 9.79 Å². The zero-order valence-corrected chi connectivity index (χ0v) is 8.25. The molecule has 0 unspecified atom stereocenters. The Morgan fingerprint density at radius 1 is 1.42 bits per heavy atom. The SMILES string of the molecule is CCC(CC)(CP(=O)(O)O)ON. The Bertz CT molecular complexity index is 166. The molecule has 0 amide bonds. The molecule has 0 aromatic carbocycles. The van der Waals surface area contributed by atoms with Crippen LogP contribution in [0.4, 0.5) is 0 Å². The van der Waals surface area contributed by atoms with Crippen LogP contribution >= 0.6 is 7.60 Å². The predicted octanol–water partition coefficient (Wildman–Crippen LogP) is 0.613. The number of hydrogen-bond acceptors (Lipinski definition) is 3. The Morgan fingerprint density at radius 3 is 1.92 bits per heavy atom. The van der Waals surface area contributed by atoms with Gasteiger partial charge >= 0.3 is 7.60 Å². The third-order valence-corrected chi connectivity index (χ3v) is 3.02. The molecule has 0 aliphatic carbocycles. The van der Waals surface area contributed by atoms with E-state index in [4.69, 9.17) is 15.7 Å². The maximum absolute atomic E-state index is 10.7. The number of rotatable bonds is 5. The van der Waals surface area contributed by atoms with Gasteiger partial charge in [0.1, 0.15) is 5.60 Å². The Balaban J connectivity index is 4.41. The number of hydrogen-bond donors (Lipinski definition) is 3. The molecule has 6 heteroatoms. The van der Waals surface area contributed by atoms with Crippen molar-refractivity contribution in [1.82, 2.24) is 0 Å². The second kappa shape index (κ2) is 4.35. The molecule has 4 N–H and O–H groups in total. The zero-order valence-electron chi connectivity index (χ0n) is 7.36. The van der Waals surface area contributed by atoms with E-state index in [-0.39, 0.29) is 6.16 Å². The van der Waals surface area contributed by atoms with Gasteiger partial charge in [0, 0.05) is 0 Å². The average Bonchev–Trinajstić information content (AvgIpc) is 1.99. The van der Waals surface area contributed by atoms with Gasteiger partial charge in [-0.05, 0) is 12.8 Å². The van der Waals surface area contributed by atoms with Crippen LogP contribution < -0.4 is 5.90 Å². The van der Waals surface area contributed by atoms with Crippen LogP contribution in [-0.4, -0.2) is 21.5 Å². The minimum Gasteiger partial charge on any atom is -0.324 e. The van der Waals surface area contributed by atoms with Crippen molar-refractivity contribution >= 4 is 7.60 Å². The molecule has 0 fully saturated rings. The first-order chi connectivity index (χ1) is 5.39. The van der Waals surface area contributed by atoms with Crippen LogP contribution in [0, 0.1) is 0 Å². The van der Waals surface area contributed by atoms with Gasteiger partial charge in [0.25, 0.3) is 0 Å². The molecule has 12 heavy (non-hydrogen) atoms. The van der Waals surface area contributed by atoms with Crippen LogP contribution in [-0.2, 0) is 9.40 Å². The second-order valence-corrected chi connectivity index (χ2v) is 4.48. The molecule has 0 atom stereocenters. The third-order valence-electron chi connectivity index (χ3n) is 2.03. The van der Waals surface area contributed by atoms with Crippen molar-refractivity contribution in [1.29, 1.82) is 0 Å². The fraction of sp³-hybridized carbons (Fsp3) is 1.00. The first-order valence-corrected chi connectivity index (χ1v) is 5.61. The van der Waals surface area contributed by atoms with E-state index in [1.165, 1.54) is 0 Å². The highest BCUT2D eigenvalue weighted by Crippen LogP contribution is 2.41. The monoisotopic (exact) mass is 197 g/mol. The average molecular weight is 197 g/mol. The van der Waals surface area contributed by atoms with Crippen molar-refractivity contribution in [2.75, 3.05) is 6.16 Å². The molecular weight excluding hydrogens is 181 g/mol. The van der Waals surface area contributed by atoms with E-state index in [9.17, 15) is 4.57 Å². The van der Waals surface area contributed by atoms with E-state index in [0.29, 0.717) is 12.8 Å². The van der Waals surface area contributed by atoms with E-state index >= 15 is 0 Å². The predicted molar refractivity (Wildman–Crippen MR) is 45.5 cm³/mol. The molecule has 0 aromatic rings. The Labute approximate surface area is 72.0 Å². The molecule has 0 bridgehead atoms. The smallest absolute Gasteiger partial charge is 0.324 e. The molecule has 0 aliphatic rings. The molecule has 5 nitrogen and oxygen atoms in total. The summed E-state index contributed by atoms with van der Waals surface area (Å²) in [6.45, 7) is 3.57. The van der Waals surface area contributed by atoms with Crippen LogP contribution in [0.25, 0.3) is 0 Å². The van der Waals surface area contributed by atoms with Gasteiger partial charge in [-0.25, -0.2) is 5.90 Å². The highest BCUT2D eigenvalue weighted by molar-refractivity contribution is 7.51. The maximum atomic E-state index is 10.7. The standard InChI is InChI=1S/C6H16NO4P/c1-3-6(4-2,11-7)5-12(8,9)10/h3-5,7H2,1-2H3,(H2,8,9,10). The van der Waals surface area contributed by atoms with Gasteiger partial charge in [0.2, 0.25) is 0 Å². The van der Waals surface area contributed by atoms with Gasteiger partial charge in [0.15, 0.2) is 0 Å². The largest absolute Gasteiger partial charge is 0.328 e. The molecule has 0 saturated heterocycles. The minimum absolute atomic E-state index is 0.316. The Kier molecular flexibility index (Phi) is 4.37. The van der Waals surface area contributed by atoms with Crippen molar-refractivity contribution in [3.05, 3.63) is 0 Å². The van der Waals surface area contributed by atoms with Crippen LogP contribution in [0.5, 0.6) is 0 Å². The molecule has 0 aliphatic heterocycles. The van der Waals surface area contributed by atoms with Crippen molar-refractivity contribution in [3.63, 3.8) is 0 Å². The lowest BCUT2D eigenvalue weighted by molar-refractivity contribution is -0.0391. The molecule has 0 heterocycles. The Morgan fingerprint density at radius 2 is 1.83 bits per heavy atom. The van der Waals surface area contributed by atoms with Crippen LogP contribution in [0.1, 0.15) is 26.7 Å². The molecule has 0 spiro atoms. The molecule has 0 aromatic heterocycles. The summed E-state index contributed by atoms with van der Waals surface area (Å²) in [6.07, 6.45) is 0.666. The van der Waals surface area contributed by atoms with Crippen LogP contribution in [0.2, 0.25) is 0 Å². The van der Waals surface area contributed by atoms with Crippen molar-refractivity contribution in [2.45, 2.75) is 32.3 Å². The minimum atomic E-state index is -4.04. The summed E-state index contributed by atoms with van der Waals surface area (Å²) >= 11 is 0. The van der Waals surface area contributed by atoms with Gasteiger partial charge in [-0.3, -0.25) is 9.40 Å². The quantitative estimate of drug-likeness (QED) is 0.443. The van der Waals surface area contributed by atoms with Crippen molar-refractivity contribution < 1.29 is 19.2 Å². The zero-order chi connectivity index (χ0) is 9.83.